The van der Waals surface area contributed by atoms with Crippen LogP contribution >= 0.6 is 0 Å². The van der Waals surface area contributed by atoms with Gasteiger partial charge in [0.1, 0.15) is 0 Å². The molecule has 2 aliphatic heterocycles. The van der Waals surface area contributed by atoms with E-state index < -0.39 is 82.5 Å². The molecule has 2 fully saturated rings. The Morgan fingerprint density at radius 1 is 1.25 bits per heavy atom. The molecule has 3 heterocycles. The van der Waals surface area contributed by atoms with Crippen LogP contribution in [0.3, 0.4) is 0 Å². The average Bonchev–Trinajstić information content (AvgIpc) is 3.36. The number of H-pyrrole nitrogens is 1. The van der Waals surface area contributed by atoms with E-state index in [0.717, 1.165) is 4.90 Å². The van der Waals surface area contributed by atoms with Crippen molar-refractivity contribution in [3.63, 3.8) is 0 Å². The van der Waals surface area contributed by atoms with Gasteiger partial charge in [0.2, 0.25) is 0 Å². The molecule has 2 saturated heterocycles. The van der Waals surface area contributed by atoms with E-state index in [1.807, 2.05) is 13.8 Å². The van der Waals surface area contributed by atoms with Gasteiger partial charge in [-0.2, -0.15) is 5.26 Å². The molecule has 6 nitrogen and oxygen atoms in total. The molecule has 1 aromatic heterocycles. The Bertz CT molecular complexity index is 1860. The van der Waals surface area contributed by atoms with Crippen molar-refractivity contribution in [2.24, 2.45) is 0 Å². The number of aromatic nitrogens is 1. The van der Waals surface area contributed by atoms with Crippen LogP contribution in [0.4, 0.5) is 5.69 Å². The van der Waals surface area contributed by atoms with E-state index in [1.165, 1.54) is 17.0 Å². The predicted octanol–water partition coefficient (Wildman–Crippen LogP) is 4.77. The third-order valence-electron chi connectivity index (χ3n) is 7.21. The molecule has 1 aliphatic carbocycles. The molecule has 0 saturated carbocycles. The number of aryl methyl sites for hydroxylation is 1. The molecule has 6 heteroatoms. The summed E-state index contributed by atoms with van der Waals surface area (Å²) in [6.07, 6.45) is -7.93. The fraction of sp³-hybridized carbons (Fsp3) is 0.467. The van der Waals surface area contributed by atoms with E-state index in [9.17, 15) is 11.4 Å². The van der Waals surface area contributed by atoms with Gasteiger partial charge in [0.15, 0.2) is 5.78 Å². The summed E-state index contributed by atoms with van der Waals surface area (Å²) in [5.74, 6) is -0.408. The Labute approximate surface area is 229 Å². The zero-order valence-corrected chi connectivity index (χ0v) is 20.1. The number of fused-ring (bicyclic) bond motifs is 4. The normalized spacial score (nSPS) is 32.0. The summed E-state index contributed by atoms with van der Waals surface area (Å²) < 4.78 is 108. The van der Waals surface area contributed by atoms with Gasteiger partial charge in [-0.25, -0.2) is 0 Å². The first-order valence-corrected chi connectivity index (χ1v) is 11.7. The van der Waals surface area contributed by atoms with E-state index in [-0.39, 0.29) is 16.8 Å². The Morgan fingerprint density at radius 2 is 2.03 bits per heavy atom. The molecule has 36 heavy (non-hydrogen) atoms. The Morgan fingerprint density at radius 3 is 2.75 bits per heavy atom. The van der Waals surface area contributed by atoms with Gasteiger partial charge in [-0.3, -0.25) is 9.69 Å². The van der Waals surface area contributed by atoms with Crippen molar-refractivity contribution < 1.29 is 26.0 Å². The minimum Gasteiger partial charge on any atom is -0.379 e. The number of ether oxygens (including phenoxy) is 1. The van der Waals surface area contributed by atoms with Crippen LogP contribution < -0.4 is 4.90 Å². The van der Waals surface area contributed by atoms with Crippen LogP contribution in [0.2, 0.25) is 0 Å². The molecule has 186 valence electrons. The smallest absolute Gasteiger partial charge is 0.195 e. The zero-order valence-electron chi connectivity index (χ0n) is 32.1. The molecule has 3 aromatic rings. The van der Waals surface area contributed by atoms with E-state index in [0.29, 0.717) is 33.3 Å². The second-order valence-corrected chi connectivity index (χ2v) is 9.60. The molecule has 0 spiro atoms. The Balaban J connectivity index is 1.50. The van der Waals surface area contributed by atoms with Gasteiger partial charge < -0.3 is 14.6 Å². The minimum absolute atomic E-state index is 0.0423. The van der Waals surface area contributed by atoms with Crippen LogP contribution in [-0.4, -0.2) is 61.0 Å². The molecule has 0 unspecified atom stereocenters. The van der Waals surface area contributed by atoms with Crippen LogP contribution in [-0.2, 0) is 16.5 Å². The number of aromatic amines is 1. The largest absolute Gasteiger partial charge is 0.379 e. The van der Waals surface area contributed by atoms with E-state index >= 15 is 0 Å². The Hall–Kier alpha value is -3.14. The molecule has 2 aromatic carbocycles. The van der Waals surface area contributed by atoms with Gasteiger partial charge in [-0.05, 0) is 54.5 Å². The summed E-state index contributed by atoms with van der Waals surface area (Å²) in [7, 11) is 0. The van der Waals surface area contributed by atoms with Gasteiger partial charge >= 0.3 is 0 Å². The third-order valence-corrected chi connectivity index (χ3v) is 7.21. The summed E-state index contributed by atoms with van der Waals surface area (Å²) in [5, 5.41) is 10.0. The highest BCUT2D eigenvalue weighted by Crippen LogP contribution is 2.46. The monoisotopic (exact) mass is 494 g/mol. The van der Waals surface area contributed by atoms with Crippen LogP contribution in [0.1, 0.15) is 88.2 Å². The SMILES string of the molecule is [2H]CC([2H])([2H])c1cc2c(cc1N1CC([2H])([2H])C([2H])(N3CC([2H])([2H])OC([2H])([2H])C3)C([2H])([2H])C1)C(C)(C)c1[nH]c3cc(C#N)ccc3c1C2=O. The van der Waals surface area contributed by atoms with Gasteiger partial charge in [-0.15, -0.1) is 0 Å². The van der Waals surface area contributed by atoms with Crippen LogP contribution in [0.5, 0.6) is 0 Å². The first-order valence-electron chi connectivity index (χ1n) is 17.9. The number of anilines is 1. The lowest BCUT2D eigenvalue weighted by molar-refractivity contribution is 0.0115. The number of carbonyl (C=O) groups is 1. The van der Waals surface area contributed by atoms with Gasteiger partial charge in [0.05, 0.1) is 35.8 Å². The predicted molar refractivity (Wildman–Crippen MR) is 142 cm³/mol. The maximum absolute atomic E-state index is 14.2. The molecular formula is C30H34N4O2. The first-order chi connectivity index (χ1) is 21.9. The standard InChI is InChI=1S/C30H34N4O2/c1-4-20-16-23-24(17-26(20)34-9-7-21(8-10-34)33-11-13-36-14-12-33)30(2,3)29-27(28(23)35)22-6-5-19(18-31)15-25(22)32-29/h5-6,15-17,21,32H,4,7-14H2,1-3H3/i1D,4D2,7D2,8D2,13D2,14D2,21D. The zero-order chi connectivity index (χ0) is 35.6. The highest BCUT2D eigenvalue weighted by Gasteiger charge is 2.40. The summed E-state index contributed by atoms with van der Waals surface area (Å²) in [5.41, 5.74) is 1.50. The van der Waals surface area contributed by atoms with Crippen molar-refractivity contribution in [2.75, 3.05) is 44.2 Å². The lowest BCUT2D eigenvalue weighted by Crippen LogP contribution is -2.49. The van der Waals surface area contributed by atoms with Crippen molar-refractivity contribution in [1.82, 2.24) is 9.88 Å². The fourth-order valence-electron chi connectivity index (χ4n) is 5.28. The van der Waals surface area contributed by atoms with E-state index in [1.54, 1.807) is 18.2 Å². The fourth-order valence-corrected chi connectivity index (χ4v) is 5.28. The molecule has 3 aliphatic rings. The van der Waals surface area contributed by atoms with Gasteiger partial charge in [0.25, 0.3) is 0 Å². The maximum Gasteiger partial charge on any atom is 0.195 e. The second-order valence-electron chi connectivity index (χ2n) is 9.60. The highest BCUT2D eigenvalue weighted by atomic mass is 16.5. The number of hydrogen-bond acceptors (Lipinski definition) is 5. The molecule has 0 bridgehead atoms. The minimum atomic E-state index is -2.79. The summed E-state index contributed by atoms with van der Waals surface area (Å²) in [4.78, 5) is 19.5. The first kappa shape index (κ1) is 13.4. The lowest BCUT2D eigenvalue weighted by atomic mass is 9.70. The molecule has 0 radical (unpaired) electrons. The van der Waals surface area contributed by atoms with Crippen LogP contribution in [0.25, 0.3) is 10.9 Å². The highest BCUT2D eigenvalue weighted by molar-refractivity contribution is 6.20. The van der Waals surface area contributed by atoms with Crippen LogP contribution in [0.15, 0.2) is 30.3 Å². The number of carbonyl (C=O) groups excluding carboxylic acids is 1. The number of ketones is 1. The maximum atomic E-state index is 14.2. The number of piperidine rings is 1. The number of nitrogens with one attached hydrogen (secondary N) is 1. The topological polar surface area (TPSA) is 72.4 Å². The molecule has 6 rings (SSSR count). The molecular weight excluding hydrogens is 448 g/mol. The molecule has 1 N–H and O–H groups in total. The van der Waals surface area contributed by atoms with Gasteiger partial charge in [0, 0.05) is 76.4 Å². The van der Waals surface area contributed by atoms with Crippen LogP contribution in [0, 0.1) is 11.3 Å². The number of nitriles is 1. The van der Waals surface area contributed by atoms with E-state index in [4.69, 9.17) is 19.8 Å². The third kappa shape index (κ3) is 3.56. The van der Waals surface area contributed by atoms with Crippen molar-refractivity contribution in [2.45, 2.75) is 51.3 Å². The van der Waals surface area contributed by atoms with E-state index in [2.05, 4.69) is 11.1 Å². The van der Waals surface area contributed by atoms with Crippen molar-refractivity contribution >= 4 is 22.4 Å². The number of morpholine rings is 1. The van der Waals surface area contributed by atoms with Crippen molar-refractivity contribution in [3.05, 3.63) is 63.8 Å². The number of rotatable bonds is 3. The van der Waals surface area contributed by atoms with Crippen molar-refractivity contribution in [3.8, 4) is 6.07 Å². The second kappa shape index (κ2) is 8.76. The average molecular weight is 495 g/mol. The summed E-state index contributed by atoms with van der Waals surface area (Å²) in [6, 6.07) is 7.08. The number of benzene rings is 2. The number of hydrogen-bond donors (Lipinski definition) is 1. The lowest BCUT2D eigenvalue weighted by Gasteiger charge is -2.42. The van der Waals surface area contributed by atoms with Crippen molar-refractivity contribution in [1.29, 1.82) is 5.26 Å². The molecule has 0 amide bonds. The molecule has 0 atom stereocenters. The quantitative estimate of drug-likeness (QED) is 0.568. The number of nitrogens with zero attached hydrogens (tertiary/aromatic N) is 3. The summed E-state index contributed by atoms with van der Waals surface area (Å²) >= 11 is 0. The summed E-state index contributed by atoms with van der Waals surface area (Å²) in [6.45, 7) is -5.19. The van der Waals surface area contributed by atoms with Gasteiger partial charge in [-0.1, -0.05) is 26.8 Å². The Kier molecular flexibility index (Phi) is 3.26.